The van der Waals surface area contributed by atoms with Crippen LogP contribution in [0.15, 0.2) is 59.8 Å². The fourth-order valence-electron chi connectivity index (χ4n) is 1.63. The summed E-state index contributed by atoms with van der Waals surface area (Å²) >= 11 is 0. The second kappa shape index (κ2) is 5.69. The summed E-state index contributed by atoms with van der Waals surface area (Å²) in [6.45, 7) is 0.315. The van der Waals surface area contributed by atoms with Gasteiger partial charge in [-0.05, 0) is 24.3 Å². The van der Waals surface area contributed by atoms with Crippen molar-refractivity contribution in [2.45, 2.75) is 11.4 Å². The van der Waals surface area contributed by atoms with Crippen LogP contribution in [0.3, 0.4) is 0 Å². The maximum absolute atomic E-state index is 12.0. The van der Waals surface area contributed by atoms with Gasteiger partial charge in [0.1, 0.15) is 0 Å². The van der Waals surface area contributed by atoms with Crippen molar-refractivity contribution in [1.82, 2.24) is 0 Å². The lowest BCUT2D eigenvalue weighted by Crippen LogP contribution is -2.36. The van der Waals surface area contributed by atoms with Gasteiger partial charge in [0.05, 0.1) is 0 Å². The standard InChI is InChI=1S/C14H14NO2S/c1-18(17)13-7-5-12(6-8-13)14(16)11-15-9-3-2-4-10-15/h2-10H,11H2,1H3/q+1. The van der Waals surface area contributed by atoms with Crippen molar-refractivity contribution in [1.29, 1.82) is 0 Å². The summed E-state index contributed by atoms with van der Waals surface area (Å²) in [5.41, 5.74) is 0.639. The van der Waals surface area contributed by atoms with Crippen molar-refractivity contribution in [2.75, 3.05) is 6.26 Å². The molecule has 1 unspecified atom stereocenters. The molecule has 18 heavy (non-hydrogen) atoms. The molecule has 2 aromatic rings. The lowest BCUT2D eigenvalue weighted by molar-refractivity contribution is -0.683. The molecule has 4 heteroatoms. The first-order valence-electron chi connectivity index (χ1n) is 5.57. The summed E-state index contributed by atoms with van der Waals surface area (Å²) in [6.07, 6.45) is 5.33. The Bertz CT molecular complexity index is 564. The molecule has 0 radical (unpaired) electrons. The second-order valence-electron chi connectivity index (χ2n) is 3.95. The van der Waals surface area contributed by atoms with E-state index in [4.69, 9.17) is 0 Å². The van der Waals surface area contributed by atoms with Crippen LogP contribution in [0, 0.1) is 0 Å². The number of carbonyl (C=O) groups is 1. The monoisotopic (exact) mass is 260 g/mol. The molecule has 0 saturated carbocycles. The molecule has 3 nitrogen and oxygen atoms in total. The molecule has 1 aromatic carbocycles. The van der Waals surface area contributed by atoms with Crippen molar-refractivity contribution in [3.63, 3.8) is 0 Å². The SMILES string of the molecule is CS(=O)c1ccc(C(=O)C[n+]2ccccc2)cc1. The number of ketones is 1. The van der Waals surface area contributed by atoms with Crippen LogP contribution >= 0.6 is 0 Å². The highest BCUT2D eigenvalue weighted by Gasteiger charge is 2.11. The number of hydrogen-bond donors (Lipinski definition) is 0. The zero-order valence-corrected chi connectivity index (χ0v) is 10.9. The van der Waals surface area contributed by atoms with E-state index in [2.05, 4.69) is 0 Å². The highest BCUT2D eigenvalue weighted by Crippen LogP contribution is 2.08. The van der Waals surface area contributed by atoms with Gasteiger partial charge in [-0.3, -0.25) is 9.00 Å². The smallest absolute Gasteiger partial charge is 0.227 e. The van der Waals surface area contributed by atoms with Crippen LogP contribution in [-0.2, 0) is 17.3 Å². The first kappa shape index (κ1) is 12.6. The fraction of sp³-hybridized carbons (Fsp3) is 0.143. The molecule has 1 atom stereocenters. The molecule has 0 amide bonds. The number of benzene rings is 1. The first-order chi connectivity index (χ1) is 8.66. The molecule has 92 valence electrons. The number of rotatable bonds is 4. The maximum Gasteiger partial charge on any atom is 0.227 e. The van der Waals surface area contributed by atoms with E-state index in [1.807, 2.05) is 35.2 Å². The van der Waals surface area contributed by atoms with Crippen LogP contribution < -0.4 is 4.57 Å². The summed E-state index contributed by atoms with van der Waals surface area (Å²) in [5, 5.41) is 0. The van der Waals surface area contributed by atoms with Gasteiger partial charge in [-0.2, -0.15) is 4.57 Å². The lowest BCUT2D eigenvalue weighted by Gasteiger charge is -2.00. The number of hydrogen-bond acceptors (Lipinski definition) is 2. The molecular formula is C14H14NO2S+. The molecular weight excluding hydrogens is 246 g/mol. The third-order valence-electron chi connectivity index (χ3n) is 2.61. The van der Waals surface area contributed by atoms with Crippen LogP contribution in [0.2, 0.25) is 0 Å². The summed E-state index contributed by atoms with van der Waals surface area (Å²) in [4.78, 5) is 12.7. The van der Waals surface area contributed by atoms with Crippen molar-refractivity contribution >= 4 is 16.6 Å². The average Bonchev–Trinajstić information content (AvgIpc) is 2.40. The van der Waals surface area contributed by atoms with Crippen LogP contribution in [0.5, 0.6) is 0 Å². The van der Waals surface area contributed by atoms with E-state index in [1.165, 1.54) is 0 Å². The van der Waals surface area contributed by atoms with Crippen LogP contribution in [0.4, 0.5) is 0 Å². The molecule has 0 aliphatic heterocycles. The Hall–Kier alpha value is -1.81. The van der Waals surface area contributed by atoms with Gasteiger partial charge in [0.25, 0.3) is 0 Å². The van der Waals surface area contributed by atoms with Gasteiger partial charge in [0.15, 0.2) is 12.4 Å². The van der Waals surface area contributed by atoms with Gasteiger partial charge in [-0.1, -0.05) is 6.07 Å². The molecule has 2 rings (SSSR count). The second-order valence-corrected chi connectivity index (χ2v) is 5.33. The van der Waals surface area contributed by atoms with Crippen molar-refractivity contribution in [3.05, 3.63) is 60.4 Å². The Balaban J connectivity index is 2.12. The topological polar surface area (TPSA) is 38.0 Å². The van der Waals surface area contributed by atoms with Gasteiger partial charge >= 0.3 is 0 Å². The van der Waals surface area contributed by atoms with Crippen LogP contribution in [0.25, 0.3) is 0 Å². The summed E-state index contributed by atoms with van der Waals surface area (Å²) in [7, 11) is -1.00. The van der Waals surface area contributed by atoms with E-state index in [0.29, 0.717) is 12.1 Å². The first-order valence-corrected chi connectivity index (χ1v) is 7.13. The van der Waals surface area contributed by atoms with E-state index in [-0.39, 0.29) is 5.78 Å². The van der Waals surface area contributed by atoms with E-state index >= 15 is 0 Å². The fourth-order valence-corrected chi connectivity index (χ4v) is 2.15. The van der Waals surface area contributed by atoms with Crippen molar-refractivity contribution in [3.8, 4) is 0 Å². The quantitative estimate of drug-likeness (QED) is 0.618. The van der Waals surface area contributed by atoms with E-state index in [0.717, 1.165) is 4.90 Å². The Morgan fingerprint density at radius 1 is 1.11 bits per heavy atom. The van der Waals surface area contributed by atoms with Crippen LogP contribution in [-0.4, -0.2) is 16.2 Å². The minimum absolute atomic E-state index is 0.0413. The molecule has 1 heterocycles. The Labute approximate surface area is 109 Å². The summed E-state index contributed by atoms with van der Waals surface area (Å²) in [5.74, 6) is 0.0413. The molecule has 0 aliphatic carbocycles. The van der Waals surface area contributed by atoms with E-state index in [9.17, 15) is 9.00 Å². The van der Waals surface area contributed by atoms with Gasteiger partial charge in [-0.15, -0.1) is 0 Å². The average molecular weight is 260 g/mol. The van der Waals surface area contributed by atoms with Crippen molar-refractivity contribution in [2.24, 2.45) is 0 Å². The van der Waals surface area contributed by atoms with Gasteiger partial charge < -0.3 is 0 Å². The zero-order chi connectivity index (χ0) is 13.0. The number of carbonyl (C=O) groups excluding carboxylic acids is 1. The van der Waals surface area contributed by atoms with Gasteiger partial charge in [0, 0.05) is 39.6 Å². The molecule has 1 aromatic heterocycles. The minimum Gasteiger partial charge on any atom is -0.287 e. The molecule has 0 saturated heterocycles. The third-order valence-corrected chi connectivity index (χ3v) is 3.55. The van der Waals surface area contributed by atoms with Crippen molar-refractivity contribution < 1.29 is 13.6 Å². The summed E-state index contributed by atoms with van der Waals surface area (Å²) in [6, 6.07) is 12.6. The number of pyridine rings is 1. The number of Topliss-reactive ketones (excluding diaryl/α,β-unsaturated/α-hetero) is 1. The van der Waals surface area contributed by atoms with E-state index in [1.54, 1.807) is 30.5 Å². The summed E-state index contributed by atoms with van der Waals surface area (Å²) < 4.78 is 13.1. The normalized spacial score (nSPS) is 12.1. The van der Waals surface area contributed by atoms with Gasteiger partial charge in [-0.25, -0.2) is 0 Å². The third kappa shape index (κ3) is 3.11. The van der Waals surface area contributed by atoms with Gasteiger partial charge in [0.2, 0.25) is 12.3 Å². The highest BCUT2D eigenvalue weighted by atomic mass is 32.2. The predicted octanol–water partition coefficient (Wildman–Crippen LogP) is 1.59. The predicted molar refractivity (Wildman–Crippen MR) is 69.7 cm³/mol. The molecule has 0 aliphatic rings. The van der Waals surface area contributed by atoms with Crippen LogP contribution in [0.1, 0.15) is 10.4 Å². The lowest BCUT2D eigenvalue weighted by atomic mass is 10.1. The largest absolute Gasteiger partial charge is 0.287 e. The molecule has 0 spiro atoms. The molecule has 0 fully saturated rings. The maximum atomic E-state index is 12.0. The number of nitrogens with zero attached hydrogens (tertiary/aromatic N) is 1. The van der Waals surface area contributed by atoms with E-state index < -0.39 is 10.8 Å². The highest BCUT2D eigenvalue weighted by molar-refractivity contribution is 7.84. The molecule has 0 bridgehead atoms. The minimum atomic E-state index is -1.00. The zero-order valence-electron chi connectivity index (χ0n) is 10.1. The Morgan fingerprint density at radius 2 is 1.72 bits per heavy atom. The Morgan fingerprint density at radius 3 is 2.28 bits per heavy atom. The number of aromatic nitrogens is 1. The molecule has 0 N–H and O–H groups in total. The Kier molecular flexibility index (Phi) is 3.99.